The van der Waals surface area contributed by atoms with Crippen LogP contribution in [0.3, 0.4) is 0 Å². The predicted molar refractivity (Wildman–Crippen MR) is 109 cm³/mol. The van der Waals surface area contributed by atoms with E-state index in [2.05, 4.69) is 26.1 Å². The van der Waals surface area contributed by atoms with Gasteiger partial charge < -0.3 is 20.5 Å². The summed E-state index contributed by atoms with van der Waals surface area (Å²) in [6.45, 7) is 0.101. The summed E-state index contributed by atoms with van der Waals surface area (Å²) in [4.78, 5) is 31.9. The Morgan fingerprint density at radius 2 is 1.93 bits per heavy atom. The molecular weight excluding hydrogens is 412 g/mol. The summed E-state index contributed by atoms with van der Waals surface area (Å²) in [5, 5.41) is 3.49. The van der Waals surface area contributed by atoms with Crippen molar-refractivity contribution in [1.82, 2.24) is 15.4 Å². The number of nitrogens with two attached hydrogens (primary N) is 1. The molecule has 0 bridgehead atoms. The molecule has 0 atom stereocenters. The highest BCUT2D eigenvalue weighted by Crippen LogP contribution is 2.44. The van der Waals surface area contributed by atoms with E-state index in [4.69, 9.17) is 26.8 Å². The van der Waals surface area contributed by atoms with Crippen LogP contribution in [0.5, 0.6) is 11.5 Å². The van der Waals surface area contributed by atoms with Crippen LogP contribution in [0.2, 0.25) is 5.02 Å². The Labute approximate surface area is 175 Å². The number of rotatable bonds is 6. The molecular formula is C19H15ClN6O4. The van der Waals surface area contributed by atoms with Gasteiger partial charge in [0.1, 0.15) is 11.5 Å². The number of nitrogens with zero attached hydrogens (tertiary/aromatic N) is 2. The first-order valence-electron chi connectivity index (χ1n) is 8.65. The summed E-state index contributed by atoms with van der Waals surface area (Å²) in [6.07, 6.45) is 1.49. The second-order valence-electron chi connectivity index (χ2n) is 6.07. The van der Waals surface area contributed by atoms with Crippen molar-refractivity contribution >= 4 is 40.9 Å². The predicted octanol–water partition coefficient (Wildman–Crippen LogP) is 2.46. The normalized spacial score (nSPS) is 11.6. The number of amides is 2. The minimum Gasteiger partial charge on any atom is -0.454 e. The highest BCUT2D eigenvalue weighted by atomic mass is 35.5. The van der Waals surface area contributed by atoms with Gasteiger partial charge in [-0.15, -0.1) is 0 Å². The molecule has 1 aliphatic rings. The monoisotopic (exact) mass is 426 g/mol. The van der Waals surface area contributed by atoms with Gasteiger partial charge >= 0.3 is 0 Å². The van der Waals surface area contributed by atoms with Crippen molar-refractivity contribution in [1.29, 1.82) is 0 Å². The largest absolute Gasteiger partial charge is 0.454 e. The third-order valence-electron chi connectivity index (χ3n) is 4.09. The van der Waals surface area contributed by atoms with Gasteiger partial charge in [-0.3, -0.25) is 20.4 Å². The van der Waals surface area contributed by atoms with Crippen LogP contribution in [0.25, 0.3) is 0 Å². The van der Waals surface area contributed by atoms with Crippen molar-refractivity contribution in [2.45, 2.75) is 0 Å². The number of fused-ring (bicyclic) bond motifs is 1. The molecule has 4 rings (SSSR count). The lowest BCUT2D eigenvalue weighted by atomic mass is 10.1. The van der Waals surface area contributed by atoms with E-state index in [9.17, 15) is 9.59 Å². The Balaban J connectivity index is 1.46. The van der Waals surface area contributed by atoms with Gasteiger partial charge in [-0.1, -0.05) is 17.7 Å². The van der Waals surface area contributed by atoms with Gasteiger partial charge in [-0.05, 0) is 36.4 Å². The fourth-order valence-corrected chi connectivity index (χ4v) is 2.88. The van der Waals surface area contributed by atoms with E-state index in [0.29, 0.717) is 28.0 Å². The Hall–Kier alpha value is -4.05. The zero-order valence-electron chi connectivity index (χ0n) is 15.3. The van der Waals surface area contributed by atoms with E-state index >= 15 is 0 Å². The first kappa shape index (κ1) is 19.3. The lowest BCUT2D eigenvalue weighted by Gasteiger charge is -2.12. The lowest BCUT2D eigenvalue weighted by Crippen LogP contribution is -2.30. The summed E-state index contributed by atoms with van der Waals surface area (Å²) < 4.78 is 10.8. The van der Waals surface area contributed by atoms with Crippen LogP contribution >= 0.6 is 11.6 Å². The number of hydrazine groups is 1. The Bertz CT molecular complexity index is 1140. The van der Waals surface area contributed by atoms with E-state index < -0.39 is 11.8 Å². The number of ether oxygens (including phenoxy) is 2. The van der Waals surface area contributed by atoms with Crippen LogP contribution < -0.4 is 31.4 Å². The van der Waals surface area contributed by atoms with Crippen LogP contribution in [0, 0.1) is 0 Å². The van der Waals surface area contributed by atoms with Crippen molar-refractivity contribution in [3.8, 4) is 11.5 Å². The molecule has 1 aromatic heterocycles. The molecule has 0 saturated carbocycles. The topological polar surface area (TPSA) is 140 Å². The number of benzene rings is 2. The molecule has 2 amide bonds. The van der Waals surface area contributed by atoms with Gasteiger partial charge in [0.2, 0.25) is 18.6 Å². The SMILES string of the molecule is NC(=O)c1cccc(C(=O)NNc2nccc(Nc3c(Cl)ccc4c3OCO4)n2)c1. The maximum atomic E-state index is 12.3. The molecule has 0 spiro atoms. The van der Waals surface area contributed by atoms with Gasteiger partial charge in [0, 0.05) is 17.3 Å². The first-order valence-corrected chi connectivity index (χ1v) is 9.03. The molecule has 0 unspecified atom stereocenters. The van der Waals surface area contributed by atoms with Crippen molar-refractivity contribution in [2.24, 2.45) is 5.73 Å². The fourth-order valence-electron chi connectivity index (χ4n) is 2.68. The van der Waals surface area contributed by atoms with Gasteiger partial charge in [-0.25, -0.2) is 4.98 Å². The number of primary amides is 1. The number of carbonyl (C=O) groups excluding carboxylic acids is 2. The van der Waals surface area contributed by atoms with Crippen LogP contribution in [0.1, 0.15) is 20.7 Å². The number of aromatic nitrogens is 2. The minimum absolute atomic E-state index is 0.101. The number of hydrogen-bond acceptors (Lipinski definition) is 8. The van der Waals surface area contributed by atoms with Crippen molar-refractivity contribution in [3.05, 3.63) is 64.8 Å². The summed E-state index contributed by atoms with van der Waals surface area (Å²) in [5.74, 6) is 0.469. The van der Waals surface area contributed by atoms with Gasteiger partial charge in [0.05, 0.1) is 5.02 Å². The summed E-state index contributed by atoms with van der Waals surface area (Å²) >= 11 is 6.26. The molecule has 0 fully saturated rings. The van der Waals surface area contributed by atoms with Gasteiger partial charge in [0.15, 0.2) is 11.5 Å². The lowest BCUT2D eigenvalue weighted by molar-refractivity contribution is 0.0962. The molecule has 0 saturated heterocycles. The zero-order valence-corrected chi connectivity index (χ0v) is 16.1. The average molecular weight is 427 g/mol. The van der Waals surface area contributed by atoms with E-state index in [1.54, 1.807) is 30.3 Å². The second-order valence-corrected chi connectivity index (χ2v) is 6.48. The minimum atomic E-state index is -0.625. The number of carbonyl (C=O) groups is 2. The average Bonchev–Trinajstić information content (AvgIpc) is 3.23. The van der Waals surface area contributed by atoms with E-state index in [1.807, 2.05) is 0 Å². The molecule has 1 aliphatic heterocycles. The highest BCUT2D eigenvalue weighted by molar-refractivity contribution is 6.33. The first-order chi connectivity index (χ1) is 14.5. The summed E-state index contributed by atoms with van der Waals surface area (Å²) in [7, 11) is 0. The number of nitrogens with one attached hydrogen (secondary N) is 3. The van der Waals surface area contributed by atoms with Crippen LogP contribution in [-0.4, -0.2) is 28.6 Å². The Morgan fingerprint density at radius 1 is 1.10 bits per heavy atom. The number of anilines is 3. The molecule has 2 aromatic carbocycles. The van der Waals surface area contributed by atoms with Gasteiger partial charge in [-0.2, -0.15) is 4.98 Å². The Kier molecular flexibility index (Phi) is 5.22. The van der Waals surface area contributed by atoms with Gasteiger partial charge in [0.25, 0.3) is 5.91 Å². The molecule has 3 aromatic rings. The number of hydrogen-bond donors (Lipinski definition) is 4. The van der Waals surface area contributed by atoms with Crippen molar-refractivity contribution in [3.63, 3.8) is 0 Å². The van der Waals surface area contributed by atoms with E-state index in [1.165, 1.54) is 18.3 Å². The molecule has 30 heavy (non-hydrogen) atoms. The molecule has 5 N–H and O–H groups in total. The molecule has 2 heterocycles. The third kappa shape index (κ3) is 4.03. The van der Waals surface area contributed by atoms with Crippen molar-refractivity contribution < 1.29 is 19.1 Å². The van der Waals surface area contributed by atoms with Crippen LogP contribution in [-0.2, 0) is 0 Å². The van der Waals surface area contributed by atoms with Crippen LogP contribution in [0.15, 0.2) is 48.7 Å². The molecule has 0 radical (unpaired) electrons. The second kappa shape index (κ2) is 8.13. The quantitative estimate of drug-likeness (QED) is 0.440. The van der Waals surface area contributed by atoms with E-state index in [0.717, 1.165) is 0 Å². The van der Waals surface area contributed by atoms with Crippen LogP contribution in [0.4, 0.5) is 17.5 Å². The van der Waals surface area contributed by atoms with Crippen molar-refractivity contribution in [2.75, 3.05) is 17.5 Å². The van der Waals surface area contributed by atoms with E-state index in [-0.39, 0.29) is 23.9 Å². The third-order valence-corrected chi connectivity index (χ3v) is 4.41. The smallest absolute Gasteiger partial charge is 0.269 e. The highest BCUT2D eigenvalue weighted by Gasteiger charge is 2.21. The number of halogens is 1. The Morgan fingerprint density at radius 3 is 2.77 bits per heavy atom. The summed E-state index contributed by atoms with van der Waals surface area (Å²) in [6, 6.07) is 11.0. The summed E-state index contributed by atoms with van der Waals surface area (Å²) in [5.41, 5.74) is 11.3. The molecule has 0 aliphatic carbocycles. The molecule has 10 nitrogen and oxygen atoms in total. The molecule has 11 heteroatoms. The maximum Gasteiger partial charge on any atom is 0.269 e. The maximum absolute atomic E-state index is 12.3. The zero-order chi connectivity index (χ0) is 21.1. The fraction of sp³-hybridized carbons (Fsp3) is 0.0526. The molecule has 152 valence electrons. The standard InChI is InChI=1S/C19H15ClN6O4/c20-12-4-5-13-16(30-9-29-13)15(12)23-14-6-7-22-19(24-14)26-25-18(28)11-3-1-2-10(8-11)17(21)27/h1-8H,9H2,(H2,21,27)(H,25,28)(H2,22,23,24,26).